The largest absolute Gasteiger partial charge is 0.493 e. The molecule has 6 nitrogen and oxygen atoms in total. The van der Waals surface area contributed by atoms with E-state index < -0.39 is 0 Å². The molecule has 0 bridgehead atoms. The number of hydrogen-bond acceptors (Lipinski definition) is 4. The van der Waals surface area contributed by atoms with E-state index in [4.69, 9.17) is 9.47 Å². The van der Waals surface area contributed by atoms with Gasteiger partial charge < -0.3 is 19.4 Å². The number of carbonyl (C=O) groups excluding carboxylic acids is 1. The SMILES string of the molecule is COc1ccc(C(=O)NCCCn2ccc(C)cc2=O)cc1OC. The lowest BCUT2D eigenvalue weighted by atomic mass is 10.2. The van der Waals surface area contributed by atoms with Crippen LogP contribution in [0.15, 0.2) is 41.3 Å². The van der Waals surface area contributed by atoms with E-state index >= 15 is 0 Å². The van der Waals surface area contributed by atoms with Crippen LogP contribution in [-0.2, 0) is 6.54 Å². The number of nitrogens with zero attached hydrogens (tertiary/aromatic N) is 1. The Morgan fingerprint density at radius 3 is 2.54 bits per heavy atom. The molecule has 0 fully saturated rings. The van der Waals surface area contributed by atoms with E-state index in [0.29, 0.717) is 36.6 Å². The number of amides is 1. The first-order valence-corrected chi connectivity index (χ1v) is 7.72. The lowest BCUT2D eigenvalue weighted by Crippen LogP contribution is -2.27. The molecule has 1 heterocycles. The number of benzene rings is 1. The summed E-state index contributed by atoms with van der Waals surface area (Å²) in [7, 11) is 3.07. The van der Waals surface area contributed by atoms with Crippen molar-refractivity contribution < 1.29 is 14.3 Å². The van der Waals surface area contributed by atoms with Crippen LogP contribution in [0.2, 0.25) is 0 Å². The normalized spacial score (nSPS) is 10.3. The summed E-state index contributed by atoms with van der Waals surface area (Å²) in [6.07, 6.45) is 2.44. The van der Waals surface area contributed by atoms with Gasteiger partial charge in [0.2, 0.25) is 0 Å². The maximum absolute atomic E-state index is 12.2. The number of rotatable bonds is 7. The first-order valence-electron chi connectivity index (χ1n) is 7.72. The van der Waals surface area contributed by atoms with E-state index in [1.165, 1.54) is 7.11 Å². The van der Waals surface area contributed by atoms with E-state index in [0.717, 1.165) is 5.56 Å². The molecule has 24 heavy (non-hydrogen) atoms. The Hall–Kier alpha value is -2.76. The molecule has 0 aliphatic rings. The number of aromatic nitrogens is 1. The monoisotopic (exact) mass is 330 g/mol. The van der Waals surface area contributed by atoms with E-state index in [1.54, 1.807) is 42.1 Å². The van der Waals surface area contributed by atoms with Gasteiger partial charge in [-0.05, 0) is 43.2 Å². The minimum atomic E-state index is -0.188. The van der Waals surface area contributed by atoms with Gasteiger partial charge in [-0.25, -0.2) is 0 Å². The standard InChI is InChI=1S/C18H22N2O4/c1-13-7-10-20(17(21)11-13)9-4-8-19-18(22)14-5-6-15(23-2)16(12-14)24-3/h5-7,10-12H,4,8-9H2,1-3H3,(H,19,22). The summed E-state index contributed by atoms with van der Waals surface area (Å²) in [4.78, 5) is 23.9. The van der Waals surface area contributed by atoms with Gasteiger partial charge in [-0.15, -0.1) is 0 Å². The summed E-state index contributed by atoms with van der Waals surface area (Å²) in [5.41, 5.74) is 1.42. The van der Waals surface area contributed by atoms with Crippen LogP contribution < -0.4 is 20.3 Å². The predicted molar refractivity (Wildman–Crippen MR) is 91.9 cm³/mol. The summed E-state index contributed by atoms with van der Waals surface area (Å²) in [5.74, 6) is 0.899. The zero-order valence-electron chi connectivity index (χ0n) is 14.2. The van der Waals surface area contributed by atoms with Crippen LogP contribution >= 0.6 is 0 Å². The lowest BCUT2D eigenvalue weighted by Gasteiger charge is -2.10. The summed E-state index contributed by atoms with van der Waals surface area (Å²) in [6, 6.07) is 8.51. The molecule has 0 aliphatic heterocycles. The Morgan fingerprint density at radius 1 is 1.12 bits per heavy atom. The number of ether oxygens (including phenoxy) is 2. The number of hydrogen-bond donors (Lipinski definition) is 1. The second-order valence-corrected chi connectivity index (χ2v) is 5.41. The maximum Gasteiger partial charge on any atom is 0.251 e. The minimum absolute atomic E-state index is 0.0267. The number of carbonyl (C=O) groups is 1. The van der Waals surface area contributed by atoms with Crippen molar-refractivity contribution >= 4 is 5.91 Å². The molecule has 0 radical (unpaired) electrons. The molecule has 0 aliphatic carbocycles. The van der Waals surface area contributed by atoms with Gasteiger partial charge in [-0.3, -0.25) is 9.59 Å². The van der Waals surface area contributed by atoms with Gasteiger partial charge in [0, 0.05) is 30.9 Å². The molecule has 6 heteroatoms. The van der Waals surface area contributed by atoms with Crippen molar-refractivity contribution in [2.75, 3.05) is 20.8 Å². The van der Waals surface area contributed by atoms with Gasteiger partial charge in [0.05, 0.1) is 14.2 Å². The number of aryl methyl sites for hydroxylation is 2. The molecule has 1 aromatic carbocycles. The molecule has 1 aromatic heterocycles. The maximum atomic E-state index is 12.2. The zero-order chi connectivity index (χ0) is 17.5. The smallest absolute Gasteiger partial charge is 0.251 e. The van der Waals surface area contributed by atoms with Crippen molar-refractivity contribution in [1.29, 1.82) is 0 Å². The molecule has 0 atom stereocenters. The summed E-state index contributed by atoms with van der Waals surface area (Å²) in [5, 5.41) is 2.84. The molecule has 0 saturated carbocycles. The molecule has 2 rings (SSSR count). The minimum Gasteiger partial charge on any atom is -0.493 e. The van der Waals surface area contributed by atoms with Crippen LogP contribution in [0.25, 0.3) is 0 Å². The fourth-order valence-corrected chi connectivity index (χ4v) is 2.32. The van der Waals surface area contributed by atoms with Crippen molar-refractivity contribution in [3.8, 4) is 11.5 Å². The van der Waals surface area contributed by atoms with E-state index in [-0.39, 0.29) is 11.5 Å². The molecule has 2 aromatic rings. The van der Waals surface area contributed by atoms with Crippen LogP contribution in [0.4, 0.5) is 0 Å². The Labute approximate surface area is 141 Å². The van der Waals surface area contributed by atoms with Crippen LogP contribution in [0.5, 0.6) is 11.5 Å². The second-order valence-electron chi connectivity index (χ2n) is 5.41. The van der Waals surface area contributed by atoms with Crippen molar-refractivity contribution in [3.63, 3.8) is 0 Å². The third-order valence-corrected chi connectivity index (χ3v) is 3.66. The fraction of sp³-hybridized carbons (Fsp3) is 0.333. The zero-order valence-corrected chi connectivity index (χ0v) is 14.2. The number of pyridine rings is 1. The molecular formula is C18H22N2O4. The van der Waals surface area contributed by atoms with E-state index in [2.05, 4.69) is 5.32 Å². The Bertz CT molecular complexity index is 768. The van der Waals surface area contributed by atoms with Gasteiger partial charge in [-0.1, -0.05) is 0 Å². The highest BCUT2D eigenvalue weighted by Crippen LogP contribution is 2.27. The number of methoxy groups -OCH3 is 2. The third-order valence-electron chi connectivity index (χ3n) is 3.66. The third kappa shape index (κ3) is 4.38. The van der Waals surface area contributed by atoms with Gasteiger partial charge >= 0.3 is 0 Å². The summed E-state index contributed by atoms with van der Waals surface area (Å²) < 4.78 is 12.0. The van der Waals surface area contributed by atoms with Crippen LogP contribution in [0.1, 0.15) is 22.3 Å². The highest BCUT2D eigenvalue weighted by atomic mass is 16.5. The van der Waals surface area contributed by atoms with Crippen LogP contribution in [0, 0.1) is 6.92 Å². The Kier molecular flexibility index (Phi) is 6.01. The first-order chi connectivity index (χ1) is 11.5. The number of nitrogens with one attached hydrogen (secondary N) is 1. The average molecular weight is 330 g/mol. The van der Waals surface area contributed by atoms with Gasteiger partial charge in [0.15, 0.2) is 11.5 Å². The Balaban J connectivity index is 1.88. The highest BCUT2D eigenvalue weighted by Gasteiger charge is 2.10. The van der Waals surface area contributed by atoms with Crippen LogP contribution in [0.3, 0.4) is 0 Å². The fourth-order valence-electron chi connectivity index (χ4n) is 2.32. The first kappa shape index (κ1) is 17.6. The molecule has 128 valence electrons. The van der Waals surface area contributed by atoms with Gasteiger partial charge in [-0.2, -0.15) is 0 Å². The molecule has 1 amide bonds. The predicted octanol–water partition coefficient (Wildman–Crippen LogP) is 1.99. The topological polar surface area (TPSA) is 69.6 Å². The molecular weight excluding hydrogens is 308 g/mol. The second kappa shape index (κ2) is 8.19. The summed E-state index contributed by atoms with van der Waals surface area (Å²) >= 11 is 0. The van der Waals surface area contributed by atoms with Crippen molar-refractivity contribution in [3.05, 3.63) is 58.0 Å². The van der Waals surface area contributed by atoms with Crippen molar-refractivity contribution in [2.24, 2.45) is 0 Å². The molecule has 0 unspecified atom stereocenters. The van der Waals surface area contributed by atoms with E-state index in [1.807, 2.05) is 13.0 Å². The molecule has 1 N–H and O–H groups in total. The van der Waals surface area contributed by atoms with Gasteiger partial charge in [0.25, 0.3) is 11.5 Å². The Morgan fingerprint density at radius 2 is 1.88 bits per heavy atom. The highest BCUT2D eigenvalue weighted by molar-refractivity contribution is 5.94. The quantitative estimate of drug-likeness (QED) is 0.788. The van der Waals surface area contributed by atoms with Crippen molar-refractivity contribution in [1.82, 2.24) is 9.88 Å². The van der Waals surface area contributed by atoms with Crippen molar-refractivity contribution in [2.45, 2.75) is 19.9 Å². The summed E-state index contributed by atoms with van der Waals surface area (Å²) in [6.45, 7) is 2.92. The average Bonchev–Trinajstić information content (AvgIpc) is 2.59. The van der Waals surface area contributed by atoms with E-state index in [9.17, 15) is 9.59 Å². The van der Waals surface area contributed by atoms with Gasteiger partial charge in [0.1, 0.15) is 0 Å². The van der Waals surface area contributed by atoms with Crippen LogP contribution in [-0.4, -0.2) is 31.2 Å². The molecule has 0 spiro atoms. The lowest BCUT2D eigenvalue weighted by molar-refractivity contribution is 0.0952. The molecule has 0 saturated heterocycles.